The van der Waals surface area contributed by atoms with E-state index in [2.05, 4.69) is 10.2 Å². The molecular weight excluding hydrogens is 386 g/mol. The van der Waals surface area contributed by atoms with E-state index in [-0.39, 0.29) is 30.2 Å². The highest BCUT2D eigenvalue weighted by Gasteiger charge is 2.41. The summed E-state index contributed by atoms with van der Waals surface area (Å²) in [6.07, 6.45) is 4.41. The molecule has 1 aliphatic carbocycles. The smallest absolute Gasteiger partial charge is 0.255 e. The van der Waals surface area contributed by atoms with E-state index in [1.54, 1.807) is 18.1 Å². The third-order valence-electron chi connectivity index (χ3n) is 6.88. The Morgan fingerprint density at radius 1 is 1.10 bits per heavy atom. The van der Waals surface area contributed by atoms with Crippen molar-refractivity contribution in [2.75, 3.05) is 20.2 Å². The highest BCUT2D eigenvalue weighted by Crippen LogP contribution is 2.34. The average Bonchev–Trinajstić information content (AvgIpc) is 3.26. The van der Waals surface area contributed by atoms with Crippen LogP contribution >= 0.6 is 0 Å². The summed E-state index contributed by atoms with van der Waals surface area (Å²) in [7, 11) is 1.76. The van der Waals surface area contributed by atoms with E-state index >= 15 is 0 Å². The number of piperidine rings is 1. The molecule has 0 aromatic heterocycles. The van der Waals surface area contributed by atoms with Gasteiger partial charge in [-0.25, -0.2) is 0 Å². The third kappa shape index (κ3) is 3.37. The zero-order valence-electron chi connectivity index (χ0n) is 17.1. The molecule has 8 nitrogen and oxygen atoms in total. The maximum absolute atomic E-state index is 12.8. The topological polar surface area (TPSA) is 88.2 Å². The van der Waals surface area contributed by atoms with Gasteiger partial charge >= 0.3 is 0 Å². The van der Waals surface area contributed by atoms with Crippen molar-refractivity contribution in [3.8, 4) is 5.75 Å². The van der Waals surface area contributed by atoms with E-state index < -0.39 is 6.04 Å². The van der Waals surface area contributed by atoms with Crippen molar-refractivity contribution in [3.05, 3.63) is 29.3 Å². The maximum atomic E-state index is 12.8. The number of imide groups is 1. The van der Waals surface area contributed by atoms with Gasteiger partial charge in [-0.15, -0.1) is 0 Å². The first-order valence-corrected chi connectivity index (χ1v) is 10.7. The summed E-state index contributed by atoms with van der Waals surface area (Å²) < 4.78 is 11.8. The van der Waals surface area contributed by atoms with Crippen molar-refractivity contribution < 1.29 is 23.9 Å². The molecule has 1 aromatic carbocycles. The molecule has 3 fully saturated rings. The lowest BCUT2D eigenvalue weighted by atomic mass is 10.0. The summed E-state index contributed by atoms with van der Waals surface area (Å²) in [4.78, 5) is 40.5. The molecule has 3 aliphatic heterocycles. The van der Waals surface area contributed by atoms with Crippen LogP contribution in [0.25, 0.3) is 0 Å². The Morgan fingerprint density at radius 2 is 1.93 bits per heavy atom. The van der Waals surface area contributed by atoms with E-state index in [0.29, 0.717) is 30.7 Å². The number of rotatable bonds is 5. The summed E-state index contributed by atoms with van der Waals surface area (Å²) in [5.74, 6) is -0.0498. The molecule has 4 aliphatic rings. The Morgan fingerprint density at radius 3 is 2.70 bits per heavy atom. The number of hydrogen-bond donors (Lipinski definition) is 1. The van der Waals surface area contributed by atoms with Crippen LogP contribution in [0.1, 0.15) is 48.0 Å². The van der Waals surface area contributed by atoms with E-state index in [0.717, 1.165) is 43.7 Å². The van der Waals surface area contributed by atoms with Gasteiger partial charge < -0.3 is 14.4 Å². The third-order valence-corrected chi connectivity index (χ3v) is 6.88. The number of carbonyl (C=O) groups is 3. The van der Waals surface area contributed by atoms with Gasteiger partial charge in [0.1, 0.15) is 17.9 Å². The van der Waals surface area contributed by atoms with Crippen molar-refractivity contribution in [2.45, 2.75) is 62.9 Å². The van der Waals surface area contributed by atoms with Gasteiger partial charge in [0, 0.05) is 44.8 Å². The highest BCUT2D eigenvalue weighted by molar-refractivity contribution is 6.05. The second-order valence-corrected chi connectivity index (χ2v) is 8.69. The highest BCUT2D eigenvalue weighted by atomic mass is 16.5. The summed E-state index contributed by atoms with van der Waals surface area (Å²) in [6.45, 7) is 2.29. The lowest BCUT2D eigenvalue weighted by Crippen LogP contribution is -2.58. The number of fused-ring (bicyclic) bond motifs is 1. The van der Waals surface area contributed by atoms with Crippen molar-refractivity contribution >= 4 is 17.7 Å². The van der Waals surface area contributed by atoms with Crippen molar-refractivity contribution in [3.63, 3.8) is 0 Å². The number of carbonyl (C=O) groups excluding carboxylic acids is 3. The second kappa shape index (κ2) is 7.67. The molecule has 0 spiro atoms. The van der Waals surface area contributed by atoms with Gasteiger partial charge in [0.2, 0.25) is 11.8 Å². The zero-order chi connectivity index (χ0) is 20.8. The SMILES string of the molecule is COC1CN([C@@H]2CCC[C@@H]2Oc2ccc3c(c2)CN(C2CCC(=O)NC2=O)C3=O)C1. The van der Waals surface area contributed by atoms with Crippen molar-refractivity contribution in [1.82, 2.24) is 15.1 Å². The lowest BCUT2D eigenvalue weighted by Gasteiger charge is -2.44. The number of nitrogens with one attached hydrogen (secondary N) is 1. The first kappa shape index (κ1) is 19.5. The molecule has 0 bridgehead atoms. The van der Waals surface area contributed by atoms with Gasteiger partial charge in [0.05, 0.1) is 6.10 Å². The van der Waals surface area contributed by atoms with Crippen LogP contribution in [-0.2, 0) is 20.9 Å². The first-order chi connectivity index (χ1) is 14.5. The van der Waals surface area contributed by atoms with Crippen LogP contribution in [0.5, 0.6) is 5.75 Å². The van der Waals surface area contributed by atoms with Crippen molar-refractivity contribution in [1.29, 1.82) is 0 Å². The summed E-state index contributed by atoms with van der Waals surface area (Å²) in [5, 5.41) is 2.34. The van der Waals surface area contributed by atoms with Crippen LogP contribution in [0.2, 0.25) is 0 Å². The lowest BCUT2D eigenvalue weighted by molar-refractivity contribution is -0.136. The minimum Gasteiger partial charge on any atom is -0.489 e. The van der Waals surface area contributed by atoms with E-state index in [1.165, 1.54) is 0 Å². The van der Waals surface area contributed by atoms with E-state index in [4.69, 9.17) is 9.47 Å². The molecule has 1 saturated carbocycles. The largest absolute Gasteiger partial charge is 0.489 e. The van der Waals surface area contributed by atoms with Gasteiger partial charge in [-0.3, -0.25) is 24.6 Å². The standard InChI is InChI=1S/C22H27N3O5/c1-29-15-11-24(12-15)17-3-2-4-19(17)30-14-5-6-16-13(9-14)10-25(22(16)28)18-7-8-20(26)23-21(18)27/h5-6,9,15,17-19H,2-4,7-8,10-12H2,1H3,(H,23,26,27)/t17-,18?,19+/m1/s1. The molecular formula is C22H27N3O5. The number of likely N-dealkylation sites (tertiary alicyclic amines) is 1. The van der Waals surface area contributed by atoms with Crippen LogP contribution < -0.4 is 10.1 Å². The molecule has 3 atom stereocenters. The molecule has 0 radical (unpaired) electrons. The predicted octanol–water partition coefficient (Wildman–Crippen LogP) is 1.08. The van der Waals surface area contributed by atoms with Crippen LogP contribution in [0, 0.1) is 0 Å². The minimum atomic E-state index is -0.591. The van der Waals surface area contributed by atoms with Crippen LogP contribution in [0.4, 0.5) is 0 Å². The molecule has 1 unspecified atom stereocenters. The fraction of sp³-hybridized carbons (Fsp3) is 0.591. The fourth-order valence-corrected chi connectivity index (χ4v) is 5.15. The van der Waals surface area contributed by atoms with Crippen LogP contribution in [-0.4, -0.2) is 72.0 Å². The Labute approximate surface area is 175 Å². The predicted molar refractivity (Wildman–Crippen MR) is 107 cm³/mol. The molecule has 8 heteroatoms. The second-order valence-electron chi connectivity index (χ2n) is 8.69. The normalized spacial score (nSPS) is 29.7. The van der Waals surface area contributed by atoms with Crippen molar-refractivity contribution in [2.24, 2.45) is 0 Å². The fourth-order valence-electron chi connectivity index (χ4n) is 5.15. The van der Waals surface area contributed by atoms with E-state index in [9.17, 15) is 14.4 Å². The average molecular weight is 413 g/mol. The Hall–Kier alpha value is -2.45. The Kier molecular flexibility index (Phi) is 4.99. The minimum absolute atomic E-state index is 0.143. The van der Waals surface area contributed by atoms with Gasteiger partial charge in [-0.1, -0.05) is 0 Å². The number of hydrogen-bond acceptors (Lipinski definition) is 6. The van der Waals surface area contributed by atoms with Gasteiger partial charge in [0.15, 0.2) is 0 Å². The molecule has 2 saturated heterocycles. The number of methoxy groups -OCH3 is 1. The summed E-state index contributed by atoms with van der Waals surface area (Å²) in [5.41, 5.74) is 1.49. The van der Waals surface area contributed by atoms with Crippen LogP contribution in [0.15, 0.2) is 18.2 Å². The van der Waals surface area contributed by atoms with Gasteiger partial charge in [-0.2, -0.15) is 0 Å². The molecule has 3 heterocycles. The number of nitrogens with zero attached hydrogens (tertiary/aromatic N) is 2. The van der Waals surface area contributed by atoms with Gasteiger partial charge in [-0.05, 0) is 49.4 Å². The number of ether oxygens (including phenoxy) is 2. The Balaban J connectivity index is 1.26. The first-order valence-electron chi connectivity index (χ1n) is 10.7. The number of amides is 3. The summed E-state index contributed by atoms with van der Waals surface area (Å²) in [6, 6.07) is 5.40. The van der Waals surface area contributed by atoms with Crippen LogP contribution in [0.3, 0.4) is 0 Å². The molecule has 5 rings (SSSR count). The molecule has 30 heavy (non-hydrogen) atoms. The molecule has 160 valence electrons. The molecule has 3 amide bonds. The zero-order valence-corrected chi connectivity index (χ0v) is 17.1. The maximum Gasteiger partial charge on any atom is 0.255 e. The number of benzene rings is 1. The quantitative estimate of drug-likeness (QED) is 0.727. The van der Waals surface area contributed by atoms with E-state index in [1.807, 2.05) is 12.1 Å². The van der Waals surface area contributed by atoms with Gasteiger partial charge in [0.25, 0.3) is 5.91 Å². The summed E-state index contributed by atoms with van der Waals surface area (Å²) >= 11 is 0. The Bertz CT molecular complexity index is 882. The molecule has 1 N–H and O–H groups in total. The molecule has 1 aromatic rings. The monoisotopic (exact) mass is 413 g/mol.